The van der Waals surface area contributed by atoms with Crippen LogP contribution in [0.2, 0.25) is 0 Å². The van der Waals surface area contributed by atoms with Crippen molar-refractivity contribution in [3.63, 3.8) is 0 Å². The van der Waals surface area contributed by atoms with Crippen LogP contribution in [0.25, 0.3) is 22.2 Å². The molecule has 0 aliphatic heterocycles. The van der Waals surface area contributed by atoms with Gasteiger partial charge in [-0.2, -0.15) is 0 Å². The lowest BCUT2D eigenvalue weighted by atomic mass is 10.0. The van der Waals surface area contributed by atoms with Gasteiger partial charge in [0.15, 0.2) is 0 Å². The van der Waals surface area contributed by atoms with Crippen LogP contribution < -0.4 is 5.32 Å². The van der Waals surface area contributed by atoms with Gasteiger partial charge in [-0.25, -0.2) is 9.37 Å². The minimum Gasteiger partial charge on any atom is -0.352 e. The van der Waals surface area contributed by atoms with Gasteiger partial charge >= 0.3 is 0 Å². The van der Waals surface area contributed by atoms with Crippen molar-refractivity contribution in [3.8, 4) is 11.3 Å². The van der Waals surface area contributed by atoms with Crippen molar-refractivity contribution < 1.29 is 9.18 Å². The van der Waals surface area contributed by atoms with Crippen LogP contribution in [0.15, 0.2) is 54.6 Å². The molecule has 1 N–H and O–H groups in total. The number of halogens is 1. The summed E-state index contributed by atoms with van der Waals surface area (Å²) in [5.41, 5.74) is 2.71. The van der Waals surface area contributed by atoms with E-state index in [4.69, 9.17) is 0 Å². The average molecular weight is 350 g/mol. The molecule has 1 amide bonds. The number of pyridine rings is 1. The quantitative estimate of drug-likeness (QED) is 0.584. The maximum Gasteiger partial charge on any atom is 0.252 e. The van der Waals surface area contributed by atoms with E-state index in [0.717, 1.165) is 31.2 Å². The number of rotatable bonds is 7. The van der Waals surface area contributed by atoms with Crippen LogP contribution >= 0.6 is 0 Å². The predicted molar refractivity (Wildman–Crippen MR) is 104 cm³/mol. The van der Waals surface area contributed by atoms with E-state index in [1.165, 1.54) is 12.1 Å². The molecule has 0 aliphatic carbocycles. The summed E-state index contributed by atoms with van der Waals surface area (Å²) < 4.78 is 13.7. The fourth-order valence-electron chi connectivity index (χ4n) is 2.99. The first kappa shape index (κ1) is 18.1. The fraction of sp³-hybridized carbons (Fsp3) is 0.273. The molecule has 134 valence electrons. The van der Waals surface area contributed by atoms with Gasteiger partial charge in [-0.3, -0.25) is 4.79 Å². The fourth-order valence-corrected chi connectivity index (χ4v) is 2.99. The minimum absolute atomic E-state index is 0.184. The first-order valence-electron chi connectivity index (χ1n) is 9.13. The third kappa shape index (κ3) is 4.26. The van der Waals surface area contributed by atoms with Gasteiger partial charge in [0.2, 0.25) is 0 Å². The molecule has 0 spiro atoms. The van der Waals surface area contributed by atoms with Crippen LogP contribution in [-0.4, -0.2) is 17.4 Å². The molecule has 3 rings (SSSR count). The van der Waals surface area contributed by atoms with Gasteiger partial charge < -0.3 is 5.32 Å². The smallest absolute Gasteiger partial charge is 0.252 e. The normalized spacial score (nSPS) is 10.8. The van der Waals surface area contributed by atoms with Gasteiger partial charge in [0.05, 0.1) is 16.8 Å². The number of hydrogen-bond donors (Lipinski definition) is 1. The zero-order valence-electron chi connectivity index (χ0n) is 15.0. The number of hydrogen-bond acceptors (Lipinski definition) is 2. The molecular formula is C22H23FN2O. The number of aromatic nitrogens is 1. The number of nitrogens with one attached hydrogen (secondary N) is 1. The van der Waals surface area contributed by atoms with Gasteiger partial charge in [-0.1, -0.05) is 56.5 Å². The number of carbonyl (C=O) groups is 1. The highest BCUT2D eigenvalue weighted by atomic mass is 19.1. The van der Waals surface area contributed by atoms with Crippen LogP contribution in [0.1, 0.15) is 43.0 Å². The summed E-state index contributed by atoms with van der Waals surface area (Å²) in [5.74, 6) is -0.555. The Bertz CT molecular complexity index is 893. The number of nitrogens with zero attached hydrogens (tertiary/aromatic N) is 1. The lowest BCUT2D eigenvalue weighted by Crippen LogP contribution is -2.24. The Hall–Kier alpha value is -2.75. The van der Waals surface area contributed by atoms with Gasteiger partial charge in [0, 0.05) is 17.5 Å². The Morgan fingerprint density at radius 1 is 1.04 bits per heavy atom. The maximum atomic E-state index is 13.7. The lowest BCUT2D eigenvalue weighted by Gasteiger charge is -2.11. The topological polar surface area (TPSA) is 42.0 Å². The third-order valence-electron chi connectivity index (χ3n) is 4.40. The van der Waals surface area contributed by atoms with Crippen molar-refractivity contribution in [1.29, 1.82) is 0 Å². The molecule has 3 nitrogen and oxygen atoms in total. The molecule has 0 saturated carbocycles. The Kier molecular flexibility index (Phi) is 5.95. The van der Waals surface area contributed by atoms with Crippen molar-refractivity contribution in [3.05, 3.63) is 66.0 Å². The summed E-state index contributed by atoms with van der Waals surface area (Å²) in [6.07, 6.45) is 4.36. The highest BCUT2D eigenvalue weighted by Gasteiger charge is 2.14. The summed E-state index contributed by atoms with van der Waals surface area (Å²) in [5, 5.41) is 3.50. The van der Waals surface area contributed by atoms with Gasteiger partial charge in [0.25, 0.3) is 5.91 Å². The van der Waals surface area contributed by atoms with Gasteiger partial charge in [-0.15, -0.1) is 0 Å². The van der Waals surface area contributed by atoms with Crippen molar-refractivity contribution >= 4 is 16.8 Å². The van der Waals surface area contributed by atoms with E-state index in [1.807, 2.05) is 30.3 Å². The minimum atomic E-state index is -0.372. The van der Waals surface area contributed by atoms with E-state index in [0.29, 0.717) is 28.7 Å². The molecule has 2 aromatic carbocycles. The van der Waals surface area contributed by atoms with E-state index in [2.05, 4.69) is 17.2 Å². The SMILES string of the molecule is CCCCCCNC(=O)c1cc(-c2ccccc2)nc2ccc(F)cc12. The van der Waals surface area contributed by atoms with E-state index in [1.54, 1.807) is 12.1 Å². The van der Waals surface area contributed by atoms with Gasteiger partial charge in [0.1, 0.15) is 5.82 Å². The molecule has 0 saturated heterocycles. The monoisotopic (exact) mass is 350 g/mol. The Balaban J connectivity index is 1.93. The second-order valence-electron chi connectivity index (χ2n) is 6.40. The molecule has 0 unspecified atom stereocenters. The van der Waals surface area contributed by atoms with E-state index in [9.17, 15) is 9.18 Å². The molecule has 0 radical (unpaired) electrons. The predicted octanol–water partition coefficient (Wildman–Crippen LogP) is 5.35. The highest BCUT2D eigenvalue weighted by molar-refractivity contribution is 6.07. The zero-order valence-corrected chi connectivity index (χ0v) is 15.0. The Labute approximate surface area is 153 Å². The lowest BCUT2D eigenvalue weighted by molar-refractivity contribution is 0.0954. The maximum absolute atomic E-state index is 13.7. The van der Waals surface area contributed by atoms with Crippen molar-refractivity contribution in [2.24, 2.45) is 0 Å². The Morgan fingerprint density at radius 3 is 2.62 bits per heavy atom. The molecule has 0 bridgehead atoms. The summed E-state index contributed by atoms with van der Waals surface area (Å²) in [6.45, 7) is 2.78. The molecule has 0 aliphatic rings. The first-order valence-corrected chi connectivity index (χ1v) is 9.13. The molecule has 0 atom stereocenters. The molecule has 26 heavy (non-hydrogen) atoms. The second kappa shape index (κ2) is 8.56. The molecule has 1 aromatic heterocycles. The number of benzene rings is 2. The van der Waals surface area contributed by atoms with Gasteiger partial charge in [-0.05, 0) is 30.7 Å². The van der Waals surface area contributed by atoms with Crippen molar-refractivity contribution in [2.75, 3.05) is 6.54 Å². The summed E-state index contributed by atoms with van der Waals surface area (Å²) >= 11 is 0. The first-order chi connectivity index (χ1) is 12.7. The molecular weight excluding hydrogens is 327 g/mol. The largest absolute Gasteiger partial charge is 0.352 e. The third-order valence-corrected chi connectivity index (χ3v) is 4.40. The van der Waals surface area contributed by atoms with E-state index in [-0.39, 0.29) is 11.7 Å². The number of fused-ring (bicyclic) bond motifs is 1. The summed E-state index contributed by atoms with van der Waals surface area (Å²) in [4.78, 5) is 17.3. The van der Waals surface area contributed by atoms with Crippen LogP contribution in [-0.2, 0) is 0 Å². The second-order valence-corrected chi connectivity index (χ2v) is 6.40. The summed E-state index contributed by atoms with van der Waals surface area (Å²) in [6, 6.07) is 15.8. The van der Waals surface area contributed by atoms with Crippen molar-refractivity contribution in [2.45, 2.75) is 32.6 Å². The van der Waals surface area contributed by atoms with E-state index >= 15 is 0 Å². The van der Waals surface area contributed by atoms with Crippen LogP contribution in [0, 0.1) is 5.82 Å². The van der Waals surface area contributed by atoms with Crippen LogP contribution in [0.3, 0.4) is 0 Å². The number of unbranched alkanes of at least 4 members (excludes halogenated alkanes) is 3. The van der Waals surface area contributed by atoms with Crippen molar-refractivity contribution in [1.82, 2.24) is 10.3 Å². The molecule has 1 heterocycles. The van der Waals surface area contributed by atoms with E-state index < -0.39 is 0 Å². The molecule has 3 aromatic rings. The Morgan fingerprint density at radius 2 is 1.85 bits per heavy atom. The van der Waals surface area contributed by atoms with Crippen LogP contribution in [0.5, 0.6) is 0 Å². The molecule has 0 fully saturated rings. The van der Waals surface area contributed by atoms with Crippen LogP contribution in [0.4, 0.5) is 4.39 Å². The number of amides is 1. The highest BCUT2D eigenvalue weighted by Crippen LogP contribution is 2.25. The zero-order chi connectivity index (χ0) is 18.4. The standard InChI is InChI=1S/C22H23FN2O/c1-2-3-4-8-13-24-22(26)19-15-21(16-9-6-5-7-10-16)25-20-12-11-17(23)14-18(19)20/h5-7,9-12,14-15H,2-4,8,13H2,1H3,(H,24,26). The average Bonchev–Trinajstić information content (AvgIpc) is 2.67. The molecule has 4 heteroatoms. The number of carbonyl (C=O) groups excluding carboxylic acids is 1. The summed E-state index contributed by atoms with van der Waals surface area (Å²) in [7, 11) is 0.